The minimum atomic E-state index is -4.44. The summed E-state index contributed by atoms with van der Waals surface area (Å²) in [5.74, 6) is -2.20. The molecule has 2 rings (SSSR count). The van der Waals surface area contributed by atoms with E-state index in [9.17, 15) is 27.9 Å². The number of ketones is 1. The van der Waals surface area contributed by atoms with Crippen molar-refractivity contribution in [3.05, 3.63) is 29.8 Å². The summed E-state index contributed by atoms with van der Waals surface area (Å²) < 4.78 is 37.1. The van der Waals surface area contributed by atoms with E-state index < -0.39 is 29.7 Å². The molecule has 0 aliphatic heterocycles. The van der Waals surface area contributed by atoms with Crippen LogP contribution in [-0.2, 0) is 15.8 Å². The quantitative estimate of drug-likeness (QED) is 0.817. The smallest absolute Gasteiger partial charge is 0.392 e. The third kappa shape index (κ3) is 2.98. The van der Waals surface area contributed by atoms with Gasteiger partial charge in [-0.2, -0.15) is 13.2 Å². The molecule has 2 N–H and O–H groups in total. The van der Waals surface area contributed by atoms with Gasteiger partial charge >= 0.3 is 6.18 Å². The first-order valence-corrected chi connectivity index (χ1v) is 5.98. The SMILES string of the molecule is O=C1CCC(O)C1C(=O)Nc1ccc(C(F)(F)F)cc1. The number of benzene rings is 1. The van der Waals surface area contributed by atoms with Crippen molar-refractivity contribution in [1.29, 1.82) is 0 Å². The average Bonchev–Trinajstić information content (AvgIpc) is 2.68. The molecule has 4 nitrogen and oxygen atoms in total. The highest BCUT2D eigenvalue weighted by Crippen LogP contribution is 2.30. The number of aliphatic hydroxyl groups is 1. The fourth-order valence-corrected chi connectivity index (χ4v) is 2.11. The minimum absolute atomic E-state index is 0.131. The first-order valence-electron chi connectivity index (χ1n) is 5.98. The number of rotatable bonds is 2. The van der Waals surface area contributed by atoms with Gasteiger partial charge in [0.15, 0.2) is 0 Å². The van der Waals surface area contributed by atoms with Crippen molar-refractivity contribution in [2.75, 3.05) is 5.32 Å². The van der Waals surface area contributed by atoms with Crippen LogP contribution < -0.4 is 5.32 Å². The second kappa shape index (κ2) is 5.24. The summed E-state index contributed by atoms with van der Waals surface area (Å²) >= 11 is 0. The van der Waals surface area contributed by atoms with Gasteiger partial charge in [-0.05, 0) is 30.7 Å². The molecule has 0 spiro atoms. The zero-order valence-corrected chi connectivity index (χ0v) is 10.3. The number of hydrogen-bond acceptors (Lipinski definition) is 3. The molecule has 1 aliphatic carbocycles. The van der Waals surface area contributed by atoms with Crippen molar-refractivity contribution in [2.24, 2.45) is 5.92 Å². The molecule has 1 fully saturated rings. The molecule has 0 saturated heterocycles. The highest BCUT2D eigenvalue weighted by Gasteiger charge is 2.39. The Labute approximate surface area is 112 Å². The molecule has 1 aromatic carbocycles. The topological polar surface area (TPSA) is 66.4 Å². The molecular formula is C13H12F3NO3. The highest BCUT2D eigenvalue weighted by atomic mass is 19.4. The Morgan fingerprint density at radius 2 is 1.85 bits per heavy atom. The van der Waals surface area contributed by atoms with Gasteiger partial charge in [-0.25, -0.2) is 0 Å². The van der Waals surface area contributed by atoms with Crippen molar-refractivity contribution < 1.29 is 27.9 Å². The van der Waals surface area contributed by atoms with E-state index in [1.165, 1.54) is 0 Å². The zero-order valence-electron chi connectivity index (χ0n) is 10.3. The van der Waals surface area contributed by atoms with Gasteiger partial charge in [-0.3, -0.25) is 9.59 Å². The maximum absolute atomic E-state index is 12.4. The maximum Gasteiger partial charge on any atom is 0.416 e. The molecule has 0 bridgehead atoms. The summed E-state index contributed by atoms with van der Waals surface area (Å²) in [7, 11) is 0. The van der Waals surface area contributed by atoms with Crippen LogP contribution in [0.2, 0.25) is 0 Å². The monoisotopic (exact) mass is 287 g/mol. The van der Waals surface area contributed by atoms with Crippen LogP contribution >= 0.6 is 0 Å². The molecule has 1 aliphatic rings. The first kappa shape index (κ1) is 14.5. The number of carbonyl (C=O) groups excluding carboxylic acids is 2. The van der Waals surface area contributed by atoms with Crippen molar-refractivity contribution in [3.63, 3.8) is 0 Å². The Hall–Kier alpha value is -1.89. The van der Waals surface area contributed by atoms with Crippen LogP contribution in [0, 0.1) is 5.92 Å². The van der Waals surface area contributed by atoms with Crippen LogP contribution in [0.25, 0.3) is 0 Å². The molecule has 7 heteroatoms. The van der Waals surface area contributed by atoms with E-state index in [4.69, 9.17) is 0 Å². The Kier molecular flexibility index (Phi) is 3.80. The van der Waals surface area contributed by atoms with E-state index in [-0.39, 0.29) is 24.3 Å². The number of halogens is 3. The van der Waals surface area contributed by atoms with Gasteiger partial charge in [-0.15, -0.1) is 0 Å². The molecule has 0 radical (unpaired) electrons. The lowest BCUT2D eigenvalue weighted by Crippen LogP contribution is -2.33. The van der Waals surface area contributed by atoms with Crippen molar-refractivity contribution in [1.82, 2.24) is 0 Å². The van der Waals surface area contributed by atoms with Gasteiger partial charge in [0, 0.05) is 12.1 Å². The minimum Gasteiger partial charge on any atom is -0.392 e. The molecular weight excluding hydrogens is 275 g/mol. The number of alkyl halides is 3. The summed E-state index contributed by atoms with van der Waals surface area (Å²) in [4.78, 5) is 23.2. The van der Waals surface area contributed by atoms with E-state index >= 15 is 0 Å². The largest absolute Gasteiger partial charge is 0.416 e. The molecule has 2 atom stereocenters. The van der Waals surface area contributed by atoms with Crippen molar-refractivity contribution in [3.8, 4) is 0 Å². The molecule has 2 unspecified atom stereocenters. The highest BCUT2D eigenvalue weighted by molar-refractivity contribution is 6.08. The van der Waals surface area contributed by atoms with E-state index in [0.29, 0.717) is 0 Å². The van der Waals surface area contributed by atoms with Crippen molar-refractivity contribution >= 4 is 17.4 Å². The summed E-state index contributed by atoms with van der Waals surface area (Å²) in [5, 5.41) is 11.9. The standard InChI is InChI=1S/C13H12F3NO3/c14-13(15,16)7-1-3-8(4-2-7)17-12(20)11-9(18)5-6-10(11)19/h1-4,9,11,18H,5-6H2,(H,17,20). The van der Waals surface area contributed by atoms with E-state index in [1.54, 1.807) is 0 Å². The number of nitrogens with one attached hydrogen (secondary N) is 1. The second-order valence-electron chi connectivity index (χ2n) is 4.61. The first-order chi connectivity index (χ1) is 9.29. The summed E-state index contributed by atoms with van der Waals surface area (Å²) in [6, 6.07) is 3.88. The van der Waals surface area contributed by atoms with Crippen LogP contribution in [0.4, 0.5) is 18.9 Å². The number of amides is 1. The second-order valence-corrected chi connectivity index (χ2v) is 4.61. The van der Waals surface area contributed by atoms with E-state index in [0.717, 1.165) is 24.3 Å². The summed E-state index contributed by atoms with van der Waals surface area (Å²) in [5.41, 5.74) is -0.678. The van der Waals surface area contributed by atoms with E-state index in [1.807, 2.05) is 0 Å². The van der Waals surface area contributed by atoms with Gasteiger partial charge in [0.1, 0.15) is 11.7 Å². The summed E-state index contributed by atoms with van der Waals surface area (Å²) in [6.07, 6.45) is -5.12. The van der Waals surface area contributed by atoms with Crippen LogP contribution in [0.15, 0.2) is 24.3 Å². The average molecular weight is 287 g/mol. The third-order valence-electron chi connectivity index (χ3n) is 3.18. The molecule has 20 heavy (non-hydrogen) atoms. The molecule has 0 aromatic heterocycles. The van der Waals surface area contributed by atoms with Crippen LogP contribution in [-0.4, -0.2) is 22.9 Å². The van der Waals surface area contributed by atoms with Gasteiger partial charge in [0.05, 0.1) is 11.7 Å². The van der Waals surface area contributed by atoms with Crippen LogP contribution in [0.5, 0.6) is 0 Å². The molecule has 108 valence electrons. The number of anilines is 1. The fourth-order valence-electron chi connectivity index (χ4n) is 2.11. The summed E-state index contributed by atoms with van der Waals surface area (Å²) in [6.45, 7) is 0. The number of Topliss-reactive ketones (excluding diaryl/α,β-unsaturated/α-hetero) is 1. The van der Waals surface area contributed by atoms with Crippen LogP contribution in [0.3, 0.4) is 0 Å². The Morgan fingerprint density at radius 3 is 2.30 bits per heavy atom. The molecule has 1 saturated carbocycles. The molecule has 0 heterocycles. The van der Waals surface area contributed by atoms with E-state index in [2.05, 4.69) is 5.32 Å². The van der Waals surface area contributed by atoms with Crippen molar-refractivity contribution in [2.45, 2.75) is 25.1 Å². The lowest BCUT2D eigenvalue weighted by atomic mass is 10.0. The fraction of sp³-hybridized carbons (Fsp3) is 0.385. The number of hydrogen-bond donors (Lipinski definition) is 2. The van der Waals surface area contributed by atoms with Gasteiger partial charge in [0.2, 0.25) is 5.91 Å². The molecule has 1 aromatic rings. The zero-order chi connectivity index (χ0) is 14.9. The predicted octanol–water partition coefficient (Wildman–Crippen LogP) is 1.98. The van der Waals surface area contributed by atoms with Gasteiger partial charge in [0.25, 0.3) is 0 Å². The Bertz CT molecular complexity index is 525. The van der Waals surface area contributed by atoms with Gasteiger partial charge < -0.3 is 10.4 Å². The number of aliphatic hydroxyl groups excluding tert-OH is 1. The Balaban J connectivity index is 2.07. The lowest BCUT2D eigenvalue weighted by molar-refractivity contribution is -0.137. The maximum atomic E-state index is 12.4. The van der Waals surface area contributed by atoms with Gasteiger partial charge in [-0.1, -0.05) is 0 Å². The number of carbonyl (C=O) groups is 2. The normalized spacial score (nSPS) is 22.9. The third-order valence-corrected chi connectivity index (χ3v) is 3.18. The molecule has 1 amide bonds. The Morgan fingerprint density at radius 1 is 1.25 bits per heavy atom. The predicted molar refractivity (Wildman–Crippen MR) is 63.8 cm³/mol. The van der Waals surface area contributed by atoms with Crippen LogP contribution in [0.1, 0.15) is 18.4 Å². The lowest BCUT2D eigenvalue weighted by Gasteiger charge is -2.14.